The van der Waals surface area contributed by atoms with E-state index in [0.717, 1.165) is 6.42 Å². The van der Waals surface area contributed by atoms with Crippen LogP contribution in [0.2, 0.25) is 0 Å². The molecule has 1 unspecified atom stereocenters. The average molecular weight is 200 g/mol. The average Bonchev–Trinajstić information content (AvgIpc) is 2.18. The maximum absolute atomic E-state index is 11.3. The first-order valence-electron chi connectivity index (χ1n) is 4.67. The van der Waals surface area contributed by atoms with Gasteiger partial charge < -0.3 is 10.1 Å². The van der Waals surface area contributed by atoms with Crippen LogP contribution in [0.3, 0.4) is 0 Å². The standard InChI is InChI=1S/C8H16N4O2/c1-3-5-10-7(6-11-12-9)8(13)14-4-2/h7,10H,3-6H2,1-2H3. The summed E-state index contributed by atoms with van der Waals surface area (Å²) in [5.74, 6) is -0.367. The van der Waals surface area contributed by atoms with Gasteiger partial charge in [-0.25, -0.2) is 0 Å². The van der Waals surface area contributed by atoms with E-state index >= 15 is 0 Å². The maximum atomic E-state index is 11.3. The molecule has 0 aliphatic heterocycles. The lowest BCUT2D eigenvalue weighted by Crippen LogP contribution is -2.40. The van der Waals surface area contributed by atoms with Crippen molar-refractivity contribution in [2.75, 3.05) is 19.7 Å². The van der Waals surface area contributed by atoms with Crippen LogP contribution in [-0.4, -0.2) is 31.7 Å². The van der Waals surface area contributed by atoms with Gasteiger partial charge in [0.15, 0.2) is 0 Å². The molecule has 14 heavy (non-hydrogen) atoms. The van der Waals surface area contributed by atoms with Crippen LogP contribution in [0.1, 0.15) is 20.3 Å². The van der Waals surface area contributed by atoms with E-state index in [1.165, 1.54) is 0 Å². The van der Waals surface area contributed by atoms with Gasteiger partial charge in [0.2, 0.25) is 0 Å². The minimum atomic E-state index is -0.522. The highest BCUT2D eigenvalue weighted by Gasteiger charge is 2.17. The second-order valence-corrected chi connectivity index (χ2v) is 2.67. The first kappa shape index (κ1) is 12.7. The fourth-order valence-corrected chi connectivity index (χ4v) is 0.902. The molecule has 0 aromatic carbocycles. The SMILES string of the molecule is CCCNC(CN=[N+]=[N-])C(=O)OCC. The Hall–Kier alpha value is -1.26. The number of azide groups is 1. The van der Waals surface area contributed by atoms with Crippen molar-refractivity contribution in [3.63, 3.8) is 0 Å². The van der Waals surface area contributed by atoms with Gasteiger partial charge in [0.25, 0.3) is 0 Å². The van der Waals surface area contributed by atoms with Crippen LogP contribution in [0, 0.1) is 0 Å². The van der Waals surface area contributed by atoms with Gasteiger partial charge in [0, 0.05) is 4.91 Å². The molecule has 6 heteroatoms. The highest BCUT2D eigenvalue weighted by molar-refractivity contribution is 5.76. The molecule has 0 aliphatic rings. The quantitative estimate of drug-likeness (QED) is 0.290. The van der Waals surface area contributed by atoms with E-state index in [4.69, 9.17) is 10.3 Å². The van der Waals surface area contributed by atoms with E-state index in [0.29, 0.717) is 13.2 Å². The molecule has 0 aliphatic carbocycles. The summed E-state index contributed by atoms with van der Waals surface area (Å²) in [6.45, 7) is 4.85. The summed E-state index contributed by atoms with van der Waals surface area (Å²) < 4.78 is 4.81. The van der Waals surface area contributed by atoms with Crippen LogP contribution in [0.15, 0.2) is 5.11 Å². The Labute approximate surface area is 83.3 Å². The summed E-state index contributed by atoms with van der Waals surface area (Å²) in [6.07, 6.45) is 0.909. The van der Waals surface area contributed by atoms with E-state index < -0.39 is 6.04 Å². The summed E-state index contributed by atoms with van der Waals surface area (Å²) in [5.41, 5.74) is 8.13. The molecule has 0 heterocycles. The van der Waals surface area contributed by atoms with E-state index in [-0.39, 0.29) is 12.5 Å². The third-order valence-corrected chi connectivity index (χ3v) is 1.54. The lowest BCUT2D eigenvalue weighted by atomic mass is 10.3. The second kappa shape index (κ2) is 8.34. The molecule has 6 nitrogen and oxygen atoms in total. The van der Waals surface area contributed by atoms with Crippen LogP contribution in [0.5, 0.6) is 0 Å². The Kier molecular flexibility index (Phi) is 7.59. The number of carbonyl (C=O) groups is 1. The van der Waals surface area contributed by atoms with E-state index in [2.05, 4.69) is 15.3 Å². The smallest absolute Gasteiger partial charge is 0.323 e. The number of rotatable bonds is 7. The predicted molar refractivity (Wildman–Crippen MR) is 52.7 cm³/mol. The van der Waals surface area contributed by atoms with E-state index in [9.17, 15) is 4.79 Å². The summed E-state index contributed by atoms with van der Waals surface area (Å²) in [4.78, 5) is 13.9. The molecule has 0 radical (unpaired) electrons. The van der Waals surface area contributed by atoms with Gasteiger partial charge in [-0.3, -0.25) is 4.79 Å². The fraction of sp³-hybridized carbons (Fsp3) is 0.875. The van der Waals surface area contributed by atoms with Crippen molar-refractivity contribution in [2.45, 2.75) is 26.3 Å². The first-order chi connectivity index (χ1) is 6.76. The molecule has 1 atom stereocenters. The molecular weight excluding hydrogens is 184 g/mol. The fourth-order valence-electron chi connectivity index (χ4n) is 0.902. The van der Waals surface area contributed by atoms with Gasteiger partial charge in [0.05, 0.1) is 13.2 Å². The Bertz CT molecular complexity index is 213. The lowest BCUT2D eigenvalue weighted by Gasteiger charge is -2.14. The van der Waals surface area contributed by atoms with Crippen LogP contribution < -0.4 is 5.32 Å². The zero-order valence-electron chi connectivity index (χ0n) is 8.56. The monoisotopic (exact) mass is 200 g/mol. The molecular formula is C8H16N4O2. The number of carbonyl (C=O) groups excluding carboxylic acids is 1. The molecule has 0 saturated heterocycles. The topological polar surface area (TPSA) is 87.1 Å². The van der Waals surface area contributed by atoms with Gasteiger partial charge in [-0.2, -0.15) is 0 Å². The Morgan fingerprint density at radius 3 is 2.86 bits per heavy atom. The molecule has 1 N–H and O–H groups in total. The van der Waals surface area contributed by atoms with Crippen molar-refractivity contribution >= 4 is 5.97 Å². The van der Waals surface area contributed by atoms with Crippen LogP contribution in [0.4, 0.5) is 0 Å². The lowest BCUT2D eigenvalue weighted by molar-refractivity contribution is -0.145. The zero-order chi connectivity index (χ0) is 10.8. The summed E-state index contributed by atoms with van der Waals surface area (Å²) in [5, 5.41) is 6.29. The van der Waals surface area contributed by atoms with Crippen LogP contribution in [0.25, 0.3) is 10.4 Å². The Morgan fingerprint density at radius 1 is 1.64 bits per heavy atom. The van der Waals surface area contributed by atoms with Crippen LogP contribution in [-0.2, 0) is 9.53 Å². The molecule has 0 aromatic rings. The third kappa shape index (κ3) is 5.40. The van der Waals surface area contributed by atoms with Crippen molar-refractivity contribution < 1.29 is 9.53 Å². The van der Waals surface area contributed by atoms with Gasteiger partial charge in [-0.15, -0.1) is 0 Å². The van der Waals surface area contributed by atoms with Crippen molar-refractivity contribution in [1.82, 2.24) is 5.32 Å². The molecule has 0 amide bonds. The highest BCUT2D eigenvalue weighted by Crippen LogP contribution is 1.92. The number of esters is 1. The van der Waals surface area contributed by atoms with E-state index in [1.54, 1.807) is 6.92 Å². The predicted octanol–water partition coefficient (Wildman–Crippen LogP) is 1.23. The molecule has 0 bridgehead atoms. The second-order valence-electron chi connectivity index (χ2n) is 2.67. The van der Waals surface area contributed by atoms with E-state index in [1.807, 2.05) is 6.92 Å². The molecule has 0 rings (SSSR count). The summed E-state index contributed by atoms with van der Waals surface area (Å²) in [6, 6.07) is -0.522. The van der Waals surface area contributed by atoms with Crippen LogP contribution >= 0.6 is 0 Å². The number of nitrogens with zero attached hydrogens (tertiary/aromatic N) is 3. The normalized spacial score (nSPS) is 11.6. The molecule has 0 spiro atoms. The van der Waals surface area contributed by atoms with Crippen molar-refractivity contribution in [3.05, 3.63) is 10.4 Å². The van der Waals surface area contributed by atoms with Crippen molar-refractivity contribution in [3.8, 4) is 0 Å². The molecule has 0 fully saturated rings. The summed E-state index contributed by atoms with van der Waals surface area (Å²) >= 11 is 0. The number of ether oxygens (including phenoxy) is 1. The van der Waals surface area contributed by atoms with Gasteiger partial charge in [-0.1, -0.05) is 12.0 Å². The zero-order valence-corrected chi connectivity index (χ0v) is 8.56. The largest absolute Gasteiger partial charge is 0.465 e. The first-order valence-corrected chi connectivity index (χ1v) is 4.67. The van der Waals surface area contributed by atoms with Crippen molar-refractivity contribution in [1.29, 1.82) is 0 Å². The highest BCUT2D eigenvalue weighted by atomic mass is 16.5. The summed E-state index contributed by atoms with van der Waals surface area (Å²) in [7, 11) is 0. The number of nitrogens with one attached hydrogen (secondary N) is 1. The van der Waals surface area contributed by atoms with Gasteiger partial charge in [0.1, 0.15) is 6.04 Å². The Morgan fingerprint density at radius 2 is 2.36 bits per heavy atom. The molecule has 0 saturated carbocycles. The third-order valence-electron chi connectivity index (χ3n) is 1.54. The number of hydrogen-bond donors (Lipinski definition) is 1. The Balaban J connectivity index is 4.07. The molecule has 80 valence electrons. The van der Waals surface area contributed by atoms with Gasteiger partial charge >= 0.3 is 5.97 Å². The minimum absolute atomic E-state index is 0.0926. The van der Waals surface area contributed by atoms with Crippen molar-refractivity contribution in [2.24, 2.45) is 5.11 Å². The minimum Gasteiger partial charge on any atom is -0.465 e. The maximum Gasteiger partial charge on any atom is 0.323 e. The van der Waals surface area contributed by atoms with Gasteiger partial charge in [-0.05, 0) is 25.4 Å². The molecule has 0 aromatic heterocycles. The number of hydrogen-bond acceptors (Lipinski definition) is 4.